The Labute approximate surface area is 92.4 Å². The van der Waals surface area contributed by atoms with Crippen LogP contribution in [0.5, 0.6) is 0 Å². The molecule has 0 radical (unpaired) electrons. The summed E-state index contributed by atoms with van der Waals surface area (Å²) in [7, 11) is 0. The predicted molar refractivity (Wildman–Crippen MR) is 66.7 cm³/mol. The Hall–Kier alpha value is -1.57. The minimum atomic E-state index is 0.922. The minimum Gasteiger partial charge on any atom is -0.345 e. The van der Waals surface area contributed by atoms with Crippen LogP contribution in [0.2, 0.25) is 0 Å². The van der Waals surface area contributed by atoms with Crippen molar-refractivity contribution in [3.63, 3.8) is 0 Å². The molecule has 0 unspecified atom stereocenters. The first-order chi connectivity index (χ1) is 7.47. The van der Waals surface area contributed by atoms with E-state index in [2.05, 4.69) is 9.97 Å². The van der Waals surface area contributed by atoms with Gasteiger partial charge >= 0.3 is 0 Å². The molecule has 0 aliphatic heterocycles. The average molecular weight is 204 g/mol. The van der Waals surface area contributed by atoms with Gasteiger partial charge in [0.1, 0.15) is 5.82 Å². The third-order valence-corrected chi connectivity index (χ3v) is 1.55. The van der Waals surface area contributed by atoms with E-state index < -0.39 is 0 Å². The van der Waals surface area contributed by atoms with E-state index in [-0.39, 0.29) is 0 Å². The normalized spacial score (nSPS) is 8.00. The van der Waals surface area contributed by atoms with Crippen molar-refractivity contribution >= 4 is 0 Å². The molecule has 1 aromatic heterocycles. The number of hydrogen-bond donors (Lipinski definition) is 1. The highest BCUT2D eigenvalue weighted by molar-refractivity contribution is 5.53. The Balaban J connectivity index is 0.000000442. The fourth-order valence-corrected chi connectivity index (χ4v) is 1.02. The third kappa shape index (κ3) is 4.45. The summed E-state index contributed by atoms with van der Waals surface area (Å²) in [4.78, 5) is 7.17. The minimum absolute atomic E-state index is 0.922. The zero-order valence-corrected chi connectivity index (χ0v) is 9.99. The molecule has 2 heteroatoms. The lowest BCUT2D eigenvalue weighted by molar-refractivity contribution is 1.31. The van der Waals surface area contributed by atoms with Crippen LogP contribution >= 0.6 is 0 Å². The van der Waals surface area contributed by atoms with Crippen LogP contribution in [-0.2, 0) is 0 Å². The Morgan fingerprint density at radius 2 is 1.53 bits per heavy atom. The Morgan fingerprint density at radius 1 is 0.933 bits per heavy atom. The lowest BCUT2D eigenvalue weighted by Crippen LogP contribution is -1.77. The van der Waals surface area contributed by atoms with Crippen molar-refractivity contribution in [2.75, 3.05) is 0 Å². The maximum absolute atomic E-state index is 4.13. The number of aromatic nitrogens is 2. The number of aromatic amines is 1. The second-order valence-electron chi connectivity index (χ2n) is 2.30. The van der Waals surface area contributed by atoms with Gasteiger partial charge in [0.15, 0.2) is 0 Å². The van der Waals surface area contributed by atoms with E-state index in [4.69, 9.17) is 0 Å². The van der Waals surface area contributed by atoms with Crippen molar-refractivity contribution in [2.45, 2.75) is 27.7 Å². The van der Waals surface area contributed by atoms with Crippen LogP contribution < -0.4 is 0 Å². The summed E-state index contributed by atoms with van der Waals surface area (Å²) in [5, 5.41) is 0. The fourth-order valence-electron chi connectivity index (χ4n) is 1.02. The predicted octanol–water partition coefficient (Wildman–Crippen LogP) is 4.13. The molecule has 2 aromatic rings. The molecule has 0 atom stereocenters. The SMILES string of the molecule is CC.CC.c1ccc(-c2ncc[nH]2)cc1. The van der Waals surface area contributed by atoms with Gasteiger partial charge in [-0.05, 0) is 0 Å². The highest BCUT2D eigenvalue weighted by Gasteiger charge is 1.94. The highest BCUT2D eigenvalue weighted by atomic mass is 14.9. The first kappa shape index (κ1) is 13.4. The highest BCUT2D eigenvalue weighted by Crippen LogP contribution is 2.11. The molecule has 2 rings (SSSR count). The molecule has 0 saturated carbocycles. The van der Waals surface area contributed by atoms with Gasteiger partial charge in [-0.25, -0.2) is 4.98 Å². The lowest BCUT2D eigenvalue weighted by atomic mass is 10.2. The van der Waals surface area contributed by atoms with E-state index in [1.165, 1.54) is 0 Å². The van der Waals surface area contributed by atoms with Gasteiger partial charge in [-0.1, -0.05) is 58.0 Å². The summed E-state index contributed by atoms with van der Waals surface area (Å²) in [6.07, 6.45) is 3.57. The third-order valence-electron chi connectivity index (χ3n) is 1.55. The van der Waals surface area contributed by atoms with Crippen LogP contribution in [0.15, 0.2) is 42.7 Å². The zero-order chi connectivity index (χ0) is 11.5. The van der Waals surface area contributed by atoms with Crippen LogP contribution in [0.25, 0.3) is 11.4 Å². The fraction of sp³-hybridized carbons (Fsp3) is 0.308. The molecule has 0 spiro atoms. The monoisotopic (exact) mass is 204 g/mol. The molecule has 0 fully saturated rings. The van der Waals surface area contributed by atoms with Crippen molar-refractivity contribution < 1.29 is 0 Å². The van der Waals surface area contributed by atoms with Crippen LogP contribution in [0.4, 0.5) is 0 Å². The van der Waals surface area contributed by atoms with E-state index in [1.54, 1.807) is 6.20 Å². The number of hydrogen-bond acceptors (Lipinski definition) is 1. The molecule has 82 valence electrons. The number of nitrogens with one attached hydrogen (secondary N) is 1. The van der Waals surface area contributed by atoms with Crippen LogP contribution in [0.3, 0.4) is 0 Å². The molecule has 0 aliphatic rings. The largest absolute Gasteiger partial charge is 0.345 e. The van der Waals surface area contributed by atoms with Gasteiger partial charge in [0.05, 0.1) is 0 Å². The standard InChI is InChI=1S/C9H8N2.2C2H6/c1-2-4-8(5-3-1)9-10-6-7-11-9;2*1-2/h1-7H,(H,10,11);2*1-2H3. The second-order valence-corrected chi connectivity index (χ2v) is 2.30. The summed E-state index contributed by atoms with van der Waals surface area (Å²) in [5.74, 6) is 0.922. The maximum Gasteiger partial charge on any atom is 0.137 e. The van der Waals surface area contributed by atoms with Crippen molar-refractivity contribution in [2.24, 2.45) is 0 Å². The van der Waals surface area contributed by atoms with Crippen molar-refractivity contribution in [1.82, 2.24) is 9.97 Å². The summed E-state index contributed by atoms with van der Waals surface area (Å²) in [6.45, 7) is 8.00. The van der Waals surface area contributed by atoms with E-state index >= 15 is 0 Å². The quantitative estimate of drug-likeness (QED) is 0.743. The first-order valence-electron chi connectivity index (χ1n) is 5.51. The van der Waals surface area contributed by atoms with Crippen molar-refractivity contribution in [1.29, 1.82) is 0 Å². The van der Waals surface area contributed by atoms with Gasteiger partial charge in [0.25, 0.3) is 0 Å². The number of benzene rings is 1. The van der Waals surface area contributed by atoms with Gasteiger partial charge in [0, 0.05) is 18.0 Å². The van der Waals surface area contributed by atoms with Crippen LogP contribution in [0, 0.1) is 0 Å². The summed E-state index contributed by atoms with van der Waals surface area (Å²) >= 11 is 0. The van der Waals surface area contributed by atoms with E-state index in [0.29, 0.717) is 0 Å². The Morgan fingerprint density at radius 3 is 2.00 bits per heavy atom. The topological polar surface area (TPSA) is 28.7 Å². The van der Waals surface area contributed by atoms with Crippen molar-refractivity contribution in [3.8, 4) is 11.4 Å². The number of rotatable bonds is 1. The number of H-pyrrole nitrogens is 1. The molecule has 0 saturated heterocycles. The van der Waals surface area contributed by atoms with Crippen LogP contribution in [-0.4, -0.2) is 9.97 Å². The van der Waals surface area contributed by atoms with Gasteiger partial charge < -0.3 is 4.98 Å². The Bertz CT molecular complexity index is 312. The van der Waals surface area contributed by atoms with E-state index in [0.717, 1.165) is 11.4 Å². The van der Waals surface area contributed by atoms with Crippen LogP contribution in [0.1, 0.15) is 27.7 Å². The van der Waals surface area contributed by atoms with Gasteiger partial charge in [-0.2, -0.15) is 0 Å². The van der Waals surface area contributed by atoms with Gasteiger partial charge in [0.2, 0.25) is 0 Å². The molecule has 2 nitrogen and oxygen atoms in total. The maximum atomic E-state index is 4.13. The molecule has 15 heavy (non-hydrogen) atoms. The molecule has 0 aliphatic carbocycles. The molecule has 1 aromatic carbocycles. The van der Waals surface area contributed by atoms with Gasteiger partial charge in [-0.3, -0.25) is 0 Å². The summed E-state index contributed by atoms with van der Waals surface area (Å²) in [6, 6.07) is 10.0. The molecular weight excluding hydrogens is 184 g/mol. The van der Waals surface area contributed by atoms with Gasteiger partial charge in [-0.15, -0.1) is 0 Å². The number of imidazole rings is 1. The zero-order valence-electron chi connectivity index (χ0n) is 9.99. The smallest absolute Gasteiger partial charge is 0.137 e. The molecule has 0 amide bonds. The summed E-state index contributed by atoms with van der Waals surface area (Å²) < 4.78 is 0. The first-order valence-corrected chi connectivity index (χ1v) is 5.51. The molecule has 1 heterocycles. The number of nitrogens with zero attached hydrogens (tertiary/aromatic N) is 1. The second kappa shape index (κ2) is 9.00. The van der Waals surface area contributed by atoms with E-state index in [1.807, 2.05) is 64.2 Å². The molecule has 1 N–H and O–H groups in total. The van der Waals surface area contributed by atoms with Crippen molar-refractivity contribution in [3.05, 3.63) is 42.7 Å². The van der Waals surface area contributed by atoms with E-state index in [9.17, 15) is 0 Å². The molecular formula is C13H20N2. The average Bonchev–Trinajstić information content (AvgIpc) is 2.89. The summed E-state index contributed by atoms with van der Waals surface area (Å²) in [5.41, 5.74) is 1.12. The lowest BCUT2D eigenvalue weighted by Gasteiger charge is -1.92. The molecule has 0 bridgehead atoms. The Kier molecular flexibility index (Phi) is 8.06.